The van der Waals surface area contributed by atoms with E-state index in [4.69, 9.17) is 0 Å². The number of para-hydroxylation sites is 5. The van der Waals surface area contributed by atoms with Gasteiger partial charge in [0.2, 0.25) is 0 Å². The summed E-state index contributed by atoms with van der Waals surface area (Å²) in [4.78, 5) is 4.94. The Labute approximate surface area is 272 Å². The van der Waals surface area contributed by atoms with Crippen LogP contribution in [0.15, 0.2) is 180 Å². The van der Waals surface area contributed by atoms with Gasteiger partial charge in [0.1, 0.15) is 0 Å². The molecule has 2 aliphatic rings. The zero-order chi connectivity index (χ0) is 30.2. The Balaban J connectivity index is 1.31. The van der Waals surface area contributed by atoms with Gasteiger partial charge >= 0.3 is 0 Å². The molecule has 46 heavy (non-hydrogen) atoms. The normalized spacial score (nSPS) is 15.8. The summed E-state index contributed by atoms with van der Waals surface area (Å²) < 4.78 is 2.51. The maximum absolute atomic E-state index is 2.51. The molecule has 3 heterocycles. The van der Waals surface area contributed by atoms with E-state index in [1.165, 1.54) is 59.5 Å². The highest BCUT2D eigenvalue weighted by Gasteiger charge is 2.49. The van der Waals surface area contributed by atoms with Crippen LogP contribution in [0.2, 0.25) is 0 Å². The van der Waals surface area contributed by atoms with E-state index in [0.29, 0.717) is 0 Å². The number of fused-ring (bicyclic) bond motifs is 11. The van der Waals surface area contributed by atoms with Crippen molar-refractivity contribution in [3.05, 3.63) is 192 Å². The van der Waals surface area contributed by atoms with Crippen molar-refractivity contribution in [1.29, 1.82) is 0 Å². The lowest BCUT2D eigenvalue weighted by Crippen LogP contribution is -2.37. The molecule has 0 saturated heterocycles. The van der Waals surface area contributed by atoms with Crippen LogP contribution in [-0.2, 0) is 5.41 Å². The Kier molecular flexibility index (Phi) is 5.46. The molecule has 10 rings (SSSR count). The maximum atomic E-state index is 2.51. The molecule has 0 radical (unpaired) electrons. The molecule has 1 unspecified atom stereocenters. The first-order chi connectivity index (χ1) is 22.8. The third-order valence-electron chi connectivity index (χ3n) is 9.81. The van der Waals surface area contributed by atoms with Crippen molar-refractivity contribution in [1.82, 2.24) is 4.57 Å². The standard InChI is InChI=1S/C43H28N2S/c1-3-14-29(15-4-1)44(30-16-5-2-6-17-30)31-26-27-36-41(28-31)46-40-25-12-9-21-35(40)43(36)34-20-8-11-24-39(34)45-38-23-10-7-18-32(38)33-19-13-22-37(43)42(33)45/h1-28H. The molecule has 8 aromatic rings. The summed E-state index contributed by atoms with van der Waals surface area (Å²) in [5.74, 6) is 0. The third-order valence-corrected chi connectivity index (χ3v) is 10.9. The van der Waals surface area contributed by atoms with E-state index in [2.05, 4.69) is 179 Å². The van der Waals surface area contributed by atoms with Crippen LogP contribution in [0.25, 0.3) is 27.5 Å². The summed E-state index contributed by atoms with van der Waals surface area (Å²) >= 11 is 1.89. The van der Waals surface area contributed by atoms with Crippen molar-refractivity contribution in [3.8, 4) is 5.69 Å². The van der Waals surface area contributed by atoms with Gasteiger partial charge < -0.3 is 9.47 Å². The summed E-state index contributed by atoms with van der Waals surface area (Å²) in [6.45, 7) is 0. The number of nitrogens with zero attached hydrogens (tertiary/aromatic N) is 2. The molecule has 0 aliphatic carbocycles. The van der Waals surface area contributed by atoms with Crippen LogP contribution in [0.4, 0.5) is 17.1 Å². The fourth-order valence-electron chi connectivity index (χ4n) is 8.06. The highest BCUT2D eigenvalue weighted by atomic mass is 32.2. The number of anilines is 3. The molecule has 216 valence electrons. The number of hydrogen-bond donors (Lipinski definition) is 0. The second-order valence-electron chi connectivity index (χ2n) is 12.1. The Bertz CT molecular complexity index is 2420. The molecule has 1 spiro atoms. The van der Waals surface area contributed by atoms with Crippen molar-refractivity contribution in [3.63, 3.8) is 0 Å². The largest absolute Gasteiger partial charge is 0.310 e. The monoisotopic (exact) mass is 604 g/mol. The molecule has 0 fully saturated rings. The Morgan fingerprint density at radius 2 is 1.04 bits per heavy atom. The van der Waals surface area contributed by atoms with Crippen molar-refractivity contribution < 1.29 is 0 Å². The number of rotatable bonds is 3. The van der Waals surface area contributed by atoms with Crippen LogP contribution < -0.4 is 4.90 Å². The highest BCUT2D eigenvalue weighted by molar-refractivity contribution is 7.99. The van der Waals surface area contributed by atoms with E-state index >= 15 is 0 Å². The van der Waals surface area contributed by atoms with Gasteiger partial charge in [-0.15, -0.1) is 0 Å². The van der Waals surface area contributed by atoms with E-state index in [1.54, 1.807) is 0 Å². The average Bonchev–Trinajstić information content (AvgIpc) is 3.46. The lowest BCUT2D eigenvalue weighted by atomic mass is 9.63. The van der Waals surface area contributed by atoms with Gasteiger partial charge in [-0.05, 0) is 76.9 Å². The summed E-state index contributed by atoms with van der Waals surface area (Å²) in [6.07, 6.45) is 0. The van der Waals surface area contributed by atoms with Gasteiger partial charge in [0.25, 0.3) is 0 Å². The van der Waals surface area contributed by atoms with Gasteiger partial charge in [-0.1, -0.05) is 127 Å². The first kappa shape index (κ1) is 25.8. The highest BCUT2D eigenvalue weighted by Crippen LogP contribution is 2.61. The van der Waals surface area contributed by atoms with Gasteiger partial charge in [-0.25, -0.2) is 0 Å². The smallest absolute Gasteiger partial charge is 0.0764 e. The molecule has 0 N–H and O–H groups in total. The molecule has 0 amide bonds. The zero-order valence-corrected chi connectivity index (χ0v) is 25.8. The van der Waals surface area contributed by atoms with Crippen LogP contribution in [0, 0.1) is 0 Å². The third kappa shape index (κ3) is 3.38. The maximum Gasteiger partial charge on any atom is 0.0764 e. The summed E-state index contributed by atoms with van der Waals surface area (Å²) in [7, 11) is 0. The van der Waals surface area contributed by atoms with Crippen LogP contribution in [0.5, 0.6) is 0 Å². The van der Waals surface area contributed by atoms with Crippen LogP contribution in [-0.4, -0.2) is 4.57 Å². The molecule has 3 heteroatoms. The van der Waals surface area contributed by atoms with E-state index in [0.717, 1.165) is 17.1 Å². The lowest BCUT2D eigenvalue weighted by molar-refractivity contribution is 0.689. The Morgan fingerprint density at radius 1 is 0.435 bits per heavy atom. The average molecular weight is 605 g/mol. The fraction of sp³-hybridized carbons (Fsp3) is 0.0233. The minimum absolute atomic E-state index is 0.472. The quantitative estimate of drug-likeness (QED) is 0.198. The minimum atomic E-state index is -0.472. The van der Waals surface area contributed by atoms with Crippen molar-refractivity contribution >= 4 is 50.6 Å². The van der Waals surface area contributed by atoms with E-state index < -0.39 is 5.41 Å². The van der Waals surface area contributed by atoms with Gasteiger partial charge in [0, 0.05) is 37.6 Å². The predicted octanol–water partition coefficient (Wildman–Crippen LogP) is 11.4. The lowest BCUT2D eigenvalue weighted by Gasteiger charge is -2.45. The molecule has 0 saturated carbocycles. The predicted molar refractivity (Wildman–Crippen MR) is 191 cm³/mol. The second kappa shape index (κ2) is 9.74. The molecule has 1 atom stereocenters. The van der Waals surface area contributed by atoms with Gasteiger partial charge in [0.15, 0.2) is 0 Å². The first-order valence-electron chi connectivity index (χ1n) is 15.8. The molecule has 2 aliphatic heterocycles. The van der Waals surface area contributed by atoms with Crippen molar-refractivity contribution in [2.75, 3.05) is 4.90 Å². The molecular weight excluding hydrogens is 577 g/mol. The number of benzene rings is 7. The van der Waals surface area contributed by atoms with Gasteiger partial charge in [-0.2, -0.15) is 0 Å². The van der Waals surface area contributed by atoms with E-state index in [1.807, 2.05) is 11.8 Å². The minimum Gasteiger partial charge on any atom is -0.310 e. The fourth-order valence-corrected chi connectivity index (χ4v) is 9.28. The molecule has 2 nitrogen and oxygen atoms in total. The van der Waals surface area contributed by atoms with E-state index in [-0.39, 0.29) is 0 Å². The molecule has 7 aromatic carbocycles. The van der Waals surface area contributed by atoms with Gasteiger partial charge in [-0.3, -0.25) is 0 Å². The first-order valence-corrected chi connectivity index (χ1v) is 16.6. The van der Waals surface area contributed by atoms with Crippen molar-refractivity contribution in [2.24, 2.45) is 0 Å². The summed E-state index contributed by atoms with van der Waals surface area (Å²) in [6, 6.07) is 62.4. The Hall–Kier alpha value is -5.51. The van der Waals surface area contributed by atoms with Crippen molar-refractivity contribution in [2.45, 2.75) is 15.2 Å². The van der Waals surface area contributed by atoms with E-state index in [9.17, 15) is 0 Å². The number of aromatic nitrogens is 1. The topological polar surface area (TPSA) is 8.17 Å². The van der Waals surface area contributed by atoms with Crippen LogP contribution in [0.1, 0.15) is 22.3 Å². The Morgan fingerprint density at radius 3 is 1.85 bits per heavy atom. The molecular formula is C43H28N2S. The molecule has 0 bridgehead atoms. The van der Waals surface area contributed by atoms with Crippen LogP contribution >= 0.6 is 11.8 Å². The summed E-state index contributed by atoms with van der Waals surface area (Å²) in [5.41, 5.74) is 12.1. The second-order valence-corrected chi connectivity index (χ2v) is 13.2. The summed E-state index contributed by atoms with van der Waals surface area (Å²) in [5, 5.41) is 2.59. The SMILES string of the molecule is c1ccc(N(c2ccccc2)c2ccc3c(c2)Sc2ccccc2C32c3ccccc3-n3c4ccccc4c4cccc2c43)cc1. The molecule has 1 aromatic heterocycles. The van der Waals surface area contributed by atoms with Crippen LogP contribution in [0.3, 0.4) is 0 Å². The number of hydrogen-bond acceptors (Lipinski definition) is 2. The van der Waals surface area contributed by atoms with Gasteiger partial charge in [0.05, 0.1) is 22.1 Å². The zero-order valence-electron chi connectivity index (χ0n) is 25.0.